The Labute approximate surface area is 141 Å². The molecule has 1 N–H and O–H groups in total. The number of carbonyl (C=O) groups excluding carboxylic acids is 1. The van der Waals surface area contributed by atoms with Crippen molar-refractivity contribution in [3.05, 3.63) is 42.1 Å². The molecule has 0 spiro atoms. The van der Waals surface area contributed by atoms with E-state index in [0.717, 1.165) is 24.6 Å². The lowest BCUT2D eigenvalue weighted by atomic mass is 10.1. The Morgan fingerprint density at radius 1 is 1.38 bits per heavy atom. The van der Waals surface area contributed by atoms with Crippen LogP contribution in [0.25, 0.3) is 0 Å². The van der Waals surface area contributed by atoms with Gasteiger partial charge in [0, 0.05) is 32.0 Å². The monoisotopic (exact) mass is 332 g/mol. The Bertz CT molecular complexity index is 647. The number of aromatic nitrogens is 2. The van der Waals surface area contributed by atoms with Crippen LogP contribution in [-0.4, -0.2) is 53.4 Å². The maximum Gasteiger partial charge on any atom is 0.244 e. The zero-order chi connectivity index (χ0) is 16.9. The minimum Gasteiger partial charge on any atom is -0.465 e. The number of amides is 1. The Hall–Kier alpha value is -2.12. The van der Waals surface area contributed by atoms with Crippen molar-refractivity contribution in [3.8, 4) is 0 Å². The number of carbonyl (C=O) groups is 1. The summed E-state index contributed by atoms with van der Waals surface area (Å²) in [5.74, 6) is 1.70. The molecule has 1 saturated heterocycles. The van der Waals surface area contributed by atoms with Gasteiger partial charge in [-0.25, -0.2) is 0 Å². The smallest absolute Gasteiger partial charge is 0.244 e. The van der Waals surface area contributed by atoms with Gasteiger partial charge in [-0.2, -0.15) is 5.10 Å². The van der Waals surface area contributed by atoms with Gasteiger partial charge in [-0.1, -0.05) is 0 Å². The first-order valence-corrected chi connectivity index (χ1v) is 8.30. The van der Waals surface area contributed by atoms with Gasteiger partial charge in [0.15, 0.2) is 0 Å². The molecule has 2 unspecified atom stereocenters. The van der Waals surface area contributed by atoms with Crippen molar-refractivity contribution in [2.75, 3.05) is 32.8 Å². The minimum atomic E-state index is -0.344. The molecule has 2 atom stereocenters. The van der Waals surface area contributed by atoms with Crippen molar-refractivity contribution in [2.24, 2.45) is 0 Å². The number of hydrogen-bond donors (Lipinski definition) is 1. The van der Waals surface area contributed by atoms with E-state index in [1.54, 1.807) is 17.1 Å². The highest BCUT2D eigenvalue weighted by Gasteiger charge is 2.26. The molecule has 7 heteroatoms. The molecule has 0 saturated carbocycles. The van der Waals surface area contributed by atoms with E-state index in [1.165, 1.54) is 0 Å². The first kappa shape index (κ1) is 16.7. The molecule has 7 nitrogen and oxygen atoms in total. The standard InChI is InChI=1S/C17H24N4O3/c1-13-4-5-16(24-13)15(20-8-10-23-11-9-20)12-18-17(22)14(2)21-7-3-6-19-21/h3-7,14-15H,8-12H2,1-2H3,(H,18,22). The lowest BCUT2D eigenvalue weighted by Gasteiger charge is -2.33. The van der Waals surface area contributed by atoms with E-state index in [1.807, 2.05) is 32.0 Å². The van der Waals surface area contributed by atoms with Crippen molar-refractivity contribution in [3.63, 3.8) is 0 Å². The van der Waals surface area contributed by atoms with Crippen molar-refractivity contribution in [1.29, 1.82) is 0 Å². The van der Waals surface area contributed by atoms with Crippen molar-refractivity contribution in [1.82, 2.24) is 20.0 Å². The van der Waals surface area contributed by atoms with Crippen LogP contribution in [0.5, 0.6) is 0 Å². The van der Waals surface area contributed by atoms with E-state index in [-0.39, 0.29) is 18.0 Å². The van der Waals surface area contributed by atoms with Gasteiger partial charge < -0.3 is 14.5 Å². The molecule has 0 bridgehead atoms. The van der Waals surface area contributed by atoms with Gasteiger partial charge in [0.2, 0.25) is 5.91 Å². The Morgan fingerprint density at radius 3 is 2.79 bits per heavy atom. The summed E-state index contributed by atoms with van der Waals surface area (Å²) in [4.78, 5) is 14.7. The molecule has 130 valence electrons. The summed E-state index contributed by atoms with van der Waals surface area (Å²) in [5.41, 5.74) is 0. The highest BCUT2D eigenvalue weighted by atomic mass is 16.5. The highest BCUT2D eigenvalue weighted by molar-refractivity contribution is 5.79. The maximum atomic E-state index is 12.4. The molecule has 1 aliphatic rings. The SMILES string of the molecule is Cc1ccc(C(CNC(=O)C(C)n2cccn2)N2CCOCC2)o1. The van der Waals surface area contributed by atoms with Crippen molar-refractivity contribution in [2.45, 2.75) is 25.9 Å². The second kappa shape index (κ2) is 7.63. The second-order valence-corrected chi connectivity index (χ2v) is 6.02. The van der Waals surface area contributed by atoms with Crippen LogP contribution in [0.4, 0.5) is 0 Å². The molecule has 0 radical (unpaired) electrons. The lowest BCUT2D eigenvalue weighted by molar-refractivity contribution is -0.124. The lowest BCUT2D eigenvalue weighted by Crippen LogP contribution is -2.44. The molecule has 1 aliphatic heterocycles. The second-order valence-electron chi connectivity index (χ2n) is 6.02. The average molecular weight is 332 g/mol. The predicted molar refractivity (Wildman–Crippen MR) is 88.5 cm³/mol. The molecule has 1 fully saturated rings. The molecule has 0 aliphatic carbocycles. The van der Waals surface area contributed by atoms with Gasteiger partial charge in [0.1, 0.15) is 17.6 Å². The topological polar surface area (TPSA) is 72.5 Å². The molecule has 3 rings (SSSR count). The van der Waals surface area contributed by atoms with E-state index in [2.05, 4.69) is 15.3 Å². The van der Waals surface area contributed by atoms with Crippen molar-refractivity contribution < 1.29 is 13.9 Å². The normalized spacial score (nSPS) is 18.2. The molecule has 1 amide bonds. The summed E-state index contributed by atoms with van der Waals surface area (Å²) >= 11 is 0. The first-order valence-electron chi connectivity index (χ1n) is 8.30. The number of hydrogen-bond acceptors (Lipinski definition) is 5. The third kappa shape index (κ3) is 3.85. The quantitative estimate of drug-likeness (QED) is 0.869. The highest BCUT2D eigenvalue weighted by Crippen LogP contribution is 2.23. The third-order valence-electron chi connectivity index (χ3n) is 4.35. The van der Waals surface area contributed by atoms with Crippen LogP contribution in [-0.2, 0) is 9.53 Å². The number of aryl methyl sites for hydroxylation is 1. The molecule has 2 aromatic rings. The van der Waals surface area contributed by atoms with E-state index in [9.17, 15) is 4.79 Å². The molecule has 3 heterocycles. The van der Waals surface area contributed by atoms with E-state index >= 15 is 0 Å². The van der Waals surface area contributed by atoms with Gasteiger partial charge in [0.25, 0.3) is 0 Å². The number of ether oxygens (including phenoxy) is 1. The fourth-order valence-corrected chi connectivity index (χ4v) is 2.91. The van der Waals surface area contributed by atoms with Crippen LogP contribution in [0, 0.1) is 6.92 Å². The average Bonchev–Trinajstić information content (AvgIpc) is 3.27. The van der Waals surface area contributed by atoms with Crippen LogP contribution in [0.1, 0.15) is 30.5 Å². The summed E-state index contributed by atoms with van der Waals surface area (Å²) in [7, 11) is 0. The molecular formula is C17H24N4O3. The number of furan rings is 1. The maximum absolute atomic E-state index is 12.4. The third-order valence-corrected chi connectivity index (χ3v) is 4.35. The van der Waals surface area contributed by atoms with Gasteiger partial charge in [-0.15, -0.1) is 0 Å². The summed E-state index contributed by atoms with van der Waals surface area (Å²) in [6, 6.07) is 5.42. The van der Waals surface area contributed by atoms with Crippen LogP contribution >= 0.6 is 0 Å². The van der Waals surface area contributed by atoms with Gasteiger partial charge in [-0.3, -0.25) is 14.4 Å². The summed E-state index contributed by atoms with van der Waals surface area (Å²) in [6.07, 6.45) is 3.46. The largest absolute Gasteiger partial charge is 0.465 e. The van der Waals surface area contributed by atoms with Gasteiger partial charge in [-0.05, 0) is 32.0 Å². The fourth-order valence-electron chi connectivity index (χ4n) is 2.91. The van der Waals surface area contributed by atoms with Crippen LogP contribution in [0.15, 0.2) is 35.0 Å². The van der Waals surface area contributed by atoms with Gasteiger partial charge >= 0.3 is 0 Å². The molecule has 0 aromatic carbocycles. The molecular weight excluding hydrogens is 308 g/mol. The Balaban J connectivity index is 1.66. The predicted octanol–water partition coefficient (Wildman–Crippen LogP) is 1.54. The van der Waals surface area contributed by atoms with Gasteiger partial charge in [0.05, 0.1) is 19.3 Å². The van der Waals surface area contributed by atoms with E-state index < -0.39 is 0 Å². The molecule has 24 heavy (non-hydrogen) atoms. The first-order chi connectivity index (χ1) is 11.6. The van der Waals surface area contributed by atoms with E-state index in [4.69, 9.17) is 9.15 Å². The van der Waals surface area contributed by atoms with E-state index in [0.29, 0.717) is 19.8 Å². The van der Waals surface area contributed by atoms with Crippen LogP contribution < -0.4 is 5.32 Å². The van der Waals surface area contributed by atoms with Crippen LogP contribution in [0.3, 0.4) is 0 Å². The molecule has 2 aromatic heterocycles. The number of morpholine rings is 1. The fraction of sp³-hybridized carbons (Fsp3) is 0.529. The number of nitrogens with zero attached hydrogens (tertiary/aromatic N) is 3. The zero-order valence-corrected chi connectivity index (χ0v) is 14.1. The summed E-state index contributed by atoms with van der Waals surface area (Å²) < 4.78 is 12.9. The number of rotatable bonds is 6. The van der Waals surface area contributed by atoms with Crippen LogP contribution in [0.2, 0.25) is 0 Å². The zero-order valence-electron chi connectivity index (χ0n) is 14.1. The van der Waals surface area contributed by atoms with Crippen molar-refractivity contribution >= 4 is 5.91 Å². The Kier molecular flexibility index (Phi) is 5.32. The summed E-state index contributed by atoms with van der Waals surface area (Å²) in [6.45, 7) is 7.32. The number of nitrogens with one attached hydrogen (secondary N) is 1. The summed E-state index contributed by atoms with van der Waals surface area (Å²) in [5, 5.41) is 7.16. The minimum absolute atomic E-state index is 0.0105. The Morgan fingerprint density at radius 2 is 2.17 bits per heavy atom.